The fourth-order valence-electron chi connectivity index (χ4n) is 3.75. The number of nitrogens with zero attached hydrogens (tertiary/aromatic N) is 4. The summed E-state index contributed by atoms with van der Waals surface area (Å²) in [7, 11) is 3.48. The first-order valence-corrected chi connectivity index (χ1v) is 10.6. The minimum atomic E-state index is 0.304. The van der Waals surface area contributed by atoms with E-state index in [2.05, 4.69) is 20.3 Å². The molecule has 0 radical (unpaired) electrons. The zero-order valence-electron chi connectivity index (χ0n) is 18.0. The number of hydrogen-bond donors (Lipinski definition) is 2. The van der Waals surface area contributed by atoms with Crippen LogP contribution in [0, 0.1) is 0 Å². The van der Waals surface area contributed by atoms with Gasteiger partial charge in [-0.05, 0) is 42.5 Å². The average molecular weight is 461 g/mol. The number of nitrogens with one attached hydrogen (secondary N) is 1. The maximum atomic E-state index is 6.40. The Labute approximate surface area is 195 Å². The number of aromatic nitrogens is 4. The van der Waals surface area contributed by atoms with E-state index >= 15 is 0 Å². The predicted molar refractivity (Wildman–Crippen MR) is 130 cm³/mol. The molecule has 5 rings (SSSR count). The second-order valence-electron chi connectivity index (χ2n) is 7.39. The number of ether oxygens (including phenoxy) is 2. The van der Waals surface area contributed by atoms with Crippen molar-refractivity contribution < 1.29 is 9.47 Å². The highest BCUT2D eigenvalue weighted by molar-refractivity contribution is 6.36. The number of rotatable bonds is 6. The molecule has 2 aromatic carbocycles. The largest absolute Gasteiger partial charge is 0.496 e. The molecule has 0 saturated heterocycles. The lowest BCUT2D eigenvalue weighted by atomic mass is 10.1. The summed E-state index contributed by atoms with van der Waals surface area (Å²) in [6, 6.07) is 15.6. The van der Waals surface area contributed by atoms with Gasteiger partial charge in [-0.3, -0.25) is 4.57 Å². The highest BCUT2D eigenvalue weighted by Gasteiger charge is 2.15. The van der Waals surface area contributed by atoms with Crippen LogP contribution in [0.2, 0.25) is 5.02 Å². The van der Waals surface area contributed by atoms with Crippen molar-refractivity contribution in [1.29, 1.82) is 0 Å². The van der Waals surface area contributed by atoms with Gasteiger partial charge in [0, 0.05) is 35.9 Å². The van der Waals surface area contributed by atoms with Crippen molar-refractivity contribution in [2.45, 2.75) is 6.61 Å². The van der Waals surface area contributed by atoms with Gasteiger partial charge in [0.05, 0.1) is 23.0 Å². The number of fused-ring (bicyclic) bond motifs is 2. The van der Waals surface area contributed by atoms with Gasteiger partial charge in [0.1, 0.15) is 36.1 Å². The fraction of sp³-hybridized carbons (Fsp3) is 0.125. The zero-order chi connectivity index (χ0) is 22.9. The Balaban J connectivity index is 1.47. The number of nitrogens with two attached hydrogens (primary N) is 1. The van der Waals surface area contributed by atoms with Crippen molar-refractivity contribution in [2.24, 2.45) is 0 Å². The second kappa shape index (κ2) is 8.48. The number of nitrogen functional groups attached to an aromatic ring is 1. The number of benzene rings is 2. The van der Waals surface area contributed by atoms with Crippen LogP contribution in [0.5, 0.6) is 11.5 Å². The summed E-state index contributed by atoms with van der Waals surface area (Å²) in [6.45, 7) is 0.304. The lowest BCUT2D eigenvalue weighted by molar-refractivity contribution is 0.297. The first-order chi connectivity index (χ1) is 16.1. The van der Waals surface area contributed by atoms with Crippen LogP contribution in [0.25, 0.3) is 27.6 Å². The minimum absolute atomic E-state index is 0.304. The first-order valence-electron chi connectivity index (χ1n) is 10.2. The molecule has 3 N–H and O–H groups in total. The summed E-state index contributed by atoms with van der Waals surface area (Å²) in [6.07, 6.45) is 3.20. The van der Waals surface area contributed by atoms with Crippen LogP contribution in [0.3, 0.4) is 0 Å². The molecule has 8 nitrogen and oxygen atoms in total. The van der Waals surface area contributed by atoms with Crippen molar-refractivity contribution in [1.82, 2.24) is 19.5 Å². The summed E-state index contributed by atoms with van der Waals surface area (Å²) < 4.78 is 13.5. The zero-order valence-corrected chi connectivity index (χ0v) is 18.8. The highest BCUT2D eigenvalue weighted by atomic mass is 35.5. The van der Waals surface area contributed by atoms with E-state index in [1.165, 1.54) is 6.33 Å². The van der Waals surface area contributed by atoms with E-state index in [0.717, 1.165) is 28.0 Å². The monoisotopic (exact) mass is 460 g/mol. The molecule has 0 atom stereocenters. The third-order valence-corrected chi connectivity index (χ3v) is 5.71. The second-order valence-corrected chi connectivity index (χ2v) is 7.80. The molecule has 0 aliphatic rings. The van der Waals surface area contributed by atoms with E-state index < -0.39 is 0 Å². The van der Waals surface area contributed by atoms with Crippen LogP contribution in [0.1, 0.15) is 5.56 Å². The van der Waals surface area contributed by atoms with Crippen LogP contribution < -0.4 is 20.5 Å². The maximum Gasteiger partial charge on any atom is 0.151 e. The van der Waals surface area contributed by atoms with E-state index in [9.17, 15) is 0 Å². The topological polar surface area (TPSA) is 100 Å². The summed E-state index contributed by atoms with van der Waals surface area (Å²) in [5.41, 5.74) is 9.20. The SMILES string of the molecule is CNc1ccc2ccc(OCc3cc(-n4cc(Cl)c5c(N)ncnc54)ccc3OC)cc2n1. The number of halogens is 1. The summed E-state index contributed by atoms with van der Waals surface area (Å²) in [4.78, 5) is 13.0. The standard InChI is InChI=1S/C24H21ClN6O2/c1-27-21-8-4-14-3-6-17(10-19(14)30-21)33-12-15-9-16(5-7-20(15)32-2)31-11-18(25)22-23(26)28-13-29-24(22)31/h3-11,13H,12H2,1-2H3,(H,27,30)(H2,26,28,29). The average Bonchev–Trinajstić information content (AvgIpc) is 3.19. The van der Waals surface area contributed by atoms with Gasteiger partial charge >= 0.3 is 0 Å². The van der Waals surface area contributed by atoms with Crippen molar-refractivity contribution >= 4 is 45.2 Å². The maximum absolute atomic E-state index is 6.40. The van der Waals surface area contributed by atoms with Crippen molar-refractivity contribution in [3.8, 4) is 17.2 Å². The summed E-state index contributed by atoms with van der Waals surface area (Å²) in [5, 5.41) is 5.20. The number of methoxy groups -OCH3 is 1. The van der Waals surface area contributed by atoms with E-state index in [1.54, 1.807) is 13.3 Å². The Morgan fingerprint density at radius 3 is 2.76 bits per heavy atom. The number of anilines is 2. The molecule has 0 unspecified atom stereocenters. The molecule has 0 saturated carbocycles. The predicted octanol–water partition coefficient (Wildman–Crippen LogP) is 4.83. The molecule has 33 heavy (non-hydrogen) atoms. The van der Waals surface area contributed by atoms with E-state index in [4.69, 9.17) is 26.8 Å². The Morgan fingerprint density at radius 1 is 1.09 bits per heavy atom. The lowest BCUT2D eigenvalue weighted by Gasteiger charge is -2.13. The van der Waals surface area contributed by atoms with Crippen LogP contribution >= 0.6 is 11.6 Å². The third kappa shape index (κ3) is 3.85. The molecule has 0 amide bonds. The van der Waals surface area contributed by atoms with E-state index in [1.807, 2.05) is 60.1 Å². The Bertz CT molecular complexity index is 1480. The van der Waals surface area contributed by atoms with Crippen molar-refractivity contribution in [2.75, 3.05) is 25.2 Å². The number of hydrogen-bond acceptors (Lipinski definition) is 7. The van der Waals surface area contributed by atoms with Gasteiger partial charge in [-0.2, -0.15) is 0 Å². The van der Waals surface area contributed by atoms with Gasteiger partial charge in [0.2, 0.25) is 0 Å². The van der Waals surface area contributed by atoms with Crippen LogP contribution in [-0.4, -0.2) is 33.7 Å². The lowest BCUT2D eigenvalue weighted by Crippen LogP contribution is -2.02. The normalized spacial score (nSPS) is 11.1. The van der Waals surface area contributed by atoms with Crippen LogP contribution in [0.4, 0.5) is 11.6 Å². The molecule has 0 aliphatic carbocycles. The Morgan fingerprint density at radius 2 is 1.94 bits per heavy atom. The van der Waals surface area contributed by atoms with Gasteiger partial charge in [0.25, 0.3) is 0 Å². The highest BCUT2D eigenvalue weighted by Crippen LogP contribution is 2.32. The van der Waals surface area contributed by atoms with E-state index in [-0.39, 0.29) is 0 Å². The van der Waals surface area contributed by atoms with Gasteiger partial charge in [-0.25, -0.2) is 15.0 Å². The first kappa shape index (κ1) is 20.8. The molecular weight excluding hydrogens is 440 g/mol. The van der Waals surface area contributed by atoms with Gasteiger partial charge < -0.3 is 20.5 Å². The molecule has 166 valence electrons. The van der Waals surface area contributed by atoms with Crippen molar-refractivity contribution in [3.63, 3.8) is 0 Å². The van der Waals surface area contributed by atoms with Crippen molar-refractivity contribution in [3.05, 3.63) is 71.6 Å². The molecule has 5 aromatic rings. The van der Waals surface area contributed by atoms with E-state index in [0.29, 0.717) is 40.0 Å². The molecule has 0 bridgehead atoms. The summed E-state index contributed by atoms with van der Waals surface area (Å²) >= 11 is 6.40. The molecular formula is C24H21ClN6O2. The summed E-state index contributed by atoms with van der Waals surface area (Å²) in [5.74, 6) is 2.57. The molecule has 9 heteroatoms. The molecule has 0 aliphatic heterocycles. The smallest absolute Gasteiger partial charge is 0.151 e. The number of pyridine rings is 1. The third-order valence-electron chi connectivity index (χ3n) is 5.42. The van der Waals surface area contributed by atoms with Gasteiger partial charge in [0.15, 0.2) is 5.65 Å². The quantitative estimate of drug-likeness (QED) is 0.374. The van der Waals surface area contributed by atoms with Crippen LogP contribution in [-0.2, 0) is 6.61 Å². The van der Waals surface area contributed by atoms with Gasteiger partial charge in [-0.1, -0.05) is 11.6 Å². The minimum Gasteiger partial charge on any atom is -0.496 e. The molecule has 3 aromatic heterocycles. The molecule has 3 heterocycles. The Kier molecular flexibility index (Phi) is 5.35. The molecule has 0 spiro atoms. The fourth-order valence-corrected chi connectivity index (χ4v) is 4.03. The van der Waals surface area contributed by atoms with Gasteiger partial charge in [-0.15, -0.1) is 0 Å². The molecule has 0 fully saturated rings. The van der Waals surface area contributed by atoms with Crippen LogP contribution in [0.15, 0.2) is 61.1 Å². The Hall–Kier alpha value is -4.04.